The van der Waals surface area contributed by atoms with Gasteiger partial charge < -0.3 is 19.8 Å². The molecular weight excluding hydrogens is 780 g/mol. The Labute approximate surface area is 374 Å². The van der Waals surface area contributed by atoms with E-state index in [4.69, 9.17) is 9.05 Å². The Morgan fingerprint density at radius 2 is 0.967 bits per heavy atom. The molecule has 0 aliphatic heterocycles. The van der Waals surface area contributed by atoms with Gasteiger partial charge in [0.2, 0.25) is 5.91 Å². The molecule has 0 aromatic carbocycles. The van der Waals surface area contributed by atoms with Gasteiger partial charge >= 0.3 is 7.82 Å². The third kappa shape index (κ3) is 45.0. The Bertz CT molecular complexity index is 1350. The number of likely N-dealkylation sites (N-methyl/N-ethyl adjacent to an activating group) is 1. The Balaban J connectivity index is 4.36. The van der Waals surface area contributed by atoms with E-state index < -0.39 is 20.0 Å². The number of rotatable bonds is 41. The van der Waals surface area contributed by atoms with Gasteiger partial charge in [0.25, 0.3) is 0 Å². The van der Waals surface area contributed by atoms with Crippen molar-refractivity contribution in [2.75, 3.05) is 40.9 Å². The molecule has 0 aromatic heterocycles. The predicted molar refractivity (Wildman–Crippen MR) is 262 cm³/mol. The Morgan fingerprint density at radius 1 is 0.574 bits per heavy atom. The second kappa shape index (κ2) is 42.5. The molecule has 0 bridgehead atoms. The first-order chi connectivity index (χ1) is 29.5. The first kappa shape index (κ1) is 58.2. The van der Waals surface area contributed by atoms with Gasteiger partial charge in [-0.1, -0.05) is 187 Å². The highest BCUT2D eigenvalue weighted by atomic mass is 31.2. The summed E-state index contributed by atoms with van der Waals surface area (Å²) in [6.07, 6.45) is 61.4. The van der Waals surface area contributed by atoms with Crippen molar-refractivity contribution in [3.05, 3.63) is 109 Å². The molecule has 3 N–H and O–H groups in total. The van der Waals surface area contributed by atoms with Crippen molar-refractivity contribution < 1.29 is 32.9 Å². The average Bonchev–Trinajstić information content (AvgIpc) is 3.21. The minimum absolute atomic E-state index is 0.0571. The number of allylic oxidation sites excluding steroid dienone is 18. The number of aliphatic hydroxyl groups excluding tert-OH is 1. The molecule has 3 unspecified atom stereocenters. The molecule has 0 saturated heterocycles. The summed E-state index contributed by atoms with van der Waals surface area (Å²) >= 11 is 0. The number of nitrogens with one attached hydrogen (secondary N) is 1. The third-order valence-corrected chi connectivity index (χ3v) is 10.8. The van der Waals surface area contributed by atoms with Gasteiger partial charge in [0.15, 0.2) is 0 Å². The van der Waals surface area contributed by atoms with Gasteiger partial charge in [0.05, 0.1) is 39.9 Å². The summed E-state index contributed by atoms with van der Waals surface area (Å²) in [6, 6.07) is -0.797. The van der Waals surface area contributed by atoms with Crippen molar-refractivity contribution in [3.63, 3.8) is 0 Å². The van der Waals surface area contributed by atoms with Crippen LogP contribution in [0.2, 0.25) is 0 Å². The summed E-state index contributed by atoms with van der Waals surface area (Å²) < 4.78 is 23.6. The molecule has 0 saturated carbocycles. The number of quaternary nitrogens is 1. The maximum atomic E-state index is 12.9. The Hall–Kier alpha value is -2.84. The molecule has 0 aromatic rings. The van der Waals surface area contributed by atoms with Crippen LogP contribution in [0.15, 0.2) is 109 Å². The number of carbonyl (C=O) groups excluding carboxylic acids is 1. The molecule has 0 heterocycles. The van der Waals surface area contributed by atoms with E-state index in [1.807, 2.05) is 21.1 Å². The van der Waals surface area contributed by atoms with E-state index in [-0.39, 0.29) is 19.1 Å². The van der Waals surface area contributed by atoms with Gasteiger partial charge in [0.1, 0.15) is 13.2 Å². The average molecular weight is 870 g/mol. The monoisotopic (exact) mass is 870 g/mol. The van der Waals surface area contributed by atoms with Crippen molar-refractivity contribution in [2.45, 2.75) is 174 Å². The summed E-state index contributed by atoms with van der Waals surface area (Å²) in [6.45, 7) is 4.68. The van der Waals surface area contributed by atoms with Crippen LogP contribution in [0, 0.1) is 0 Å². The van der Waals surface area contributed by atoms with Crippen molar-refractivity contribution in [2.24, 2.45) is 0 Å². The number of phosphoric ester groups is 1. The lowest BCUT2D eigenvalue weighted by atomic mass is 10.0. The largest absolute Gasteiger partial charge is 0.472 e. The van der Waals surface area contributed by atoms with Crippen LogP contribution in [0.5, 0.6) is 0 Å². The van der Waals surface area contributed by atoms with Gasteiger partial charge in [0, 0.05) is 6.42 Å². The van der Waals surface area contributed by atoms with E-state index >= 15 is 0 Å². The van der Waals surface area contributed by atoms with E-state index in [9.17, 15) is 19.4 Å². The highest BCUT2D eigenvalue weighted by Crippen LogP contribution is 2.43. The molecule has 0 rings (SSSR count). The molecule has 8 nitrogen and oxygen atoms in total. The summed E-state index contributed by atoms with van der Waals surface area (Å²) in [4.78, 5) is 23.1. The minimum Gasteiger partial charge on any atom is -0.391 e. The normalized spacial score (nSPS) is 15.2. The fourth-order valence-corrected chi connectivity index (χ4v) is 6.78. The van der Waals surface area contributed by atoms with Gasteiger partial charge in [-0.25, -0.2) is 4.57 Å². The van der Waals surface area contributed by atoms with E-state index in [2.05, 4.69) is 129 Å². The van der Waals surface area contributed by atoms with Crippen molar-refractivity contribution in [3.8, 4) is 0 Å². The number of nitrogens with zero attached hydrogens (tertiary/aromatic N) is 1. The zero-order valence-electron chi connectivity index (χ0n) is 39.4. The van der Waals surface area contributed by atoms with Crippen molar-refractivity contribution in [1.82, 2.24) is 5.32 Å². The standard InChI is InChI=1S/C52H89N2O6P/c1-6-8-10-12-14-16-18-19-20-21-22-23-24-25-26-27-28-29-30-31-32-33-34-35-36-38-40-42-44-46-52(56)53-50(49-60-61(57,58)59-48-47-54(3,4)5)51(55)45-43-41-39-37-17-15-13-11-9-7-2/h8,10,14,16,19-20,22-23,25-26,28-29,31-32,34-35,38,40,50-51,55H,6-7,9,11-13,15,17-18,21,24,27,30,33,36-37,39,41-49H2,1-5H3,(H-,53,56,57,58)/p+1/b10-8-,16-14-,20-19-,23-22-,26-25-,29-28-,32-31-,35-34-,40-38-. The molecule has 61 heavy (non-hydrogen) atoms. The van der Waals surface area contributed by atoms with Crippen LogP contribution >= 0.6 is 7.82 Å². The summed E-state index contributed by atoms with van der Waals surface area (Å²) in [5, 5.41) is 13.9. The molecule has 0 radical (unpaired) electrons. The van der Waals surface area contributed by atoms with Crippen LogP contribution in [0.25, 0.3) is 0 Å². The van der Waals surface area contributed by atoms with Crippen LogP contribution in [0.3, 0.4) is 0 Å². The van der Waals surface area contributed by atoms with Crippen molar-refractivity contribution >= 4 is 13.7 Å². The van der Waals surface area contributed by atoms with Crippen LogP contribution in [-0.4, -0.2) is 73.4 Å². The van der Waals surface area contributed by atoms with Crippen LogP contribution in [0.1, 0.15) is 162 Å². The second-order valence-electron chi connectivity index (χ2n) is 16.8. The maximum absolute atomic E-state index is 12.9. The zero-order valence-corrected chi connectivity index (χ0v) is 40.2. The van der Waals surface area contributed by atoms with Crippen molar-refractivity contribution in [1.29, 1.82) is 0 Å². The van der Waals surface area contributed by atoms with Crippen LogP contribution in [0.4, 0.5) is 0 Å². The van der Waals surface area contributed by atoms with Gasteiger partial charge in [-0.2, -0.15) is 0 Å². The lowest BCUT2D eigenvalue weighted by molar-refractivity contribution is -0.870. The summed E-state index contributed by atoms with van der Waals surface area (Å²) in [5.74, 6) is -0.210. The Morgan fingerprint density at radius 3 is 1.38 bits per heavy atom. The minimum atomic E-state index is -4.33. The number of aliphatic hydroxyl groups is 1. The smallest absolute Gasteiger partial charge is 0.391 e. The quantitative estimate of drug-likeness (QED) is 0.0245. The molecule has 9 heteroatoms. The molecule has 0 aliphatic carbocycles. The lowest BCUT2D eigenvalue weighted by Gasteiger charge is -2.26. The third-order valence-electron chi connectivity index (χ3n) is 9.79. The number of unbranched alkanes of at least 4 members (excludes halogenated alkanes) is 10. The first-order valence-corrected chi connectivity index (χ1v) is 25.2. The fraction of sp³-hybridized carbons (Fsp3) is 0.635. The van der Waals surface area contributed by atoms with Gasteiger partial charge in [-0.05, 0) is 77.0 Å². The first-order valence-electron chi connectivity index (χ1n) is 23.8. The molecule has 1 amide bonds. The number of phosphoric acid groups is 1. The topological polar surface area (TPSA) is 105 Å². The van der Waals surface area contributed by atoms with E-state index in [1.54, 1.807) is 0 Å². The maximum Gasteiger partial charge on any atom is 0.472 e. The SMILES string of the molecule is CC/C=C\C/C=C\C/C=C\C/C=C\C/C=C\C/C=C\C/C=C\C/C=C\C/C=C\CCCC(=O)NC(COP(=O)(O)OCC[N+](C)(C)C)C(O)CCCCCCCCCCCC. The number of hydrogen-bond donors (Lipinski definition) is 3. The zero-order chi connectivity index (χ0) is 45.0. The summed E-state index contributed by atoms with van der Waals surface area (Å²) in [7, 11) is 1.56. The Kier molecular flexibility index (Phi) is 40.5. The van der Waals surface area contributed by atoms with Crippen LogP contribution in [-0.2, 0) is 18.4 Å². The predicted octanol–water partition coefficient (Wildman–Crippen LogP) is 13.7. The highest BCUT2D eigenvalue weighted by Gasteiger charge is 2.28. The molecular formula is C52H90N2O6P+. The van der Waals surface area contributed by atoms with E-state index in [1.165, 1.54) is 44.9 Å². The fourth-order valence-electron chi connectivity index (χ4n) is 6.04. The molecule has 348 valence electrons. The number of hydrogen-bond acceptors (Lipinski definition) is 5. The molecule has 0 spiro atoms. The van der Waals surface area contributed by atoms with Gasteiger partial charge in [-0.3, -0.25) is 13.8 Å². The number of amides is 1. The second-order valence-corrected chi connectivity index (χ2v) is 18.2. The molecule has 3 atom stereocenters. The molecule has 0 aliphatic rings. The summed E-state index contributed by atoms with van der Waals surface area (Å²) in [5.41, 5.74) is 0. The van der Waals surface area contributed by atoms with E-state index in [0.29, 0.717) is 30.3 Å². The van der Waals surface area contributed by atoms with E-state index in [0.717, 1.165) is 83.5 Å². The number of carbonyl (C=O) groups is 1. The molecule has 0 fully saturated rings. The van der Waals surface area contributed by atoms with Gasteiger partial charge in [-0.15, -0.1) is 0 Å². The lowest BCUT2D eigenvalue weighted by Crippen LogP contribution is -2.46. The highest BCUT2D eigenvalue weighted by molar-refractivity contribution is 7.47. The van der Waals surface area contributed by atoms with Crippen LogP contribution < -0.4 is 5.32 Å².